The topological polar surface area (TPSA) is 41.8 Å². The zero-order chi connectivity index (χ0) is 11.0. The first-order valence-corrected chi connectivity index (χ1v) is 5.26. The average Bonchev–Trinajstić information content (AvgIpc) is 2.72. The van der Waals surface area contributed by atoms with Crippen molar-refractivity contribution in [2.45, 2.75) is 0 Å². The molecule has 0 radical (unpaired) electrons. The van der Waals surface area contributed by atoms with Gasteiger partial charge in [0.05, 0.1) is 5.69 Å². The minimum atomic E-state index is 0.799. The minimum Gasteiger partial charge on any atom is -0.397 e. The lowest BCUT2D eigenvalue weighted by atomic mass is 10.0. The van der Waals surface area contributed by atoms with E-state index in [0.717, 1.165) is 16.6 Å². The molecule has 3 rings (SSSR count). The molecule has 2 heteroatoms. The maximum Gasteiger partial charge on any atom is 0.0572 e. The SMILES string of the molecule is Nc1c[nH]c2ccc(-c3ccccc3)cc12. The molecule has 0 saturated carbocycles. The Balaban J connectivity index is 2.22. The standard InChI is InChI=1S/C14H12N2/c15-13-9-16-14-7-6-11(8-12(13)14)10-4-2-1-3-5-10/h1-9,16H,15H2. The van der Waals surface area contributed by atoms with Crippen molar-refractivity contribution >= 4 is 16.6 Å². The third-order valence-corrected chi connectivity index (χ3v) is 2.82. The van der Waals surface area contributed by atoms with Crippen LogP contribution in [0.5, 0.6) is 0 Å². The van der Waals surface area contributed by atoms with Crippen molar-refractivity contribution in [1.29, 1.82) is 0 Å². The molecule has 0 spiro atoms. The molecule has 0 bridgehead atoms. The zero-order valence-corrected chi connectivity index (χ0v) is 8.77. The smallest absolute Gasteiger partial charge is 0.0572 e. The summed E-state index contributed by atoms with van der Waals surface area (Å²) in [5, 5.41) is 1.08. The van der Waals surface area contributed by atoms with Crippen molar-refractivity contribution in [2.24, 2.45) is 0 Å². The fourth-order valence-electron chi connectivity index (χ4n) is 1.95. The van der Waals surface area contributed by atoms with Crippen LogP contribution in [0, 0.1) is 0 Å². The Morgan fingerprint density at radius 1 is 0.875 bits per heavy atom. The number of hydrogen-bond donors (Lipinski definition) is 2. The Bertz CT molecular complexity index is 624. The van der Waals surface area contributed by atoms with E-state index in [2.05, 4.69) is 35.3 Å². The molecule has 3 N–H and O–H groups in total. The summed E-state index contributed by atoms with van der Waals surface area (Å²) in [7, 11) is 0. The van der Waals surface area contributed by atoms with Crippen molar-refractivity contribution in [3.8, 4) is 11.1 Å². The molecule has 78 valence electrons. The molecule has 0 saturated heterocycles. The number of nitrogen functional groups attached to an aromatic ring is 1. The van der Waals surface area contributed by atoms with Gasteiger partial charge in [-0.3, -0.25) is 0 Å². The molecule has 0 atom stereocenters. The van der Waals surface area contributed by atoms with Gasteiger partial charge in [0.1, 0.15) is 0 Å². The Morgan fingerprint density at radius 2 is 1.69 bits per heavy atom. The highest BCUT2D eigenvalue weighted by Gasteiger charge is 2.02. The predicted molar refractivity (Wildman–Crippen MR) is 68.1 cm³/mol. The maximum atomic E-state index is 5.89. The fraction of sp³-hybridized carbons (Fsp3) is 0. The van der Waals surface area contributed by atoms with Crippen LogP contribution in [-0.4, -0.2) is 4.98 Å². The van der Waals surface area contributed by atoms with E-state index in [4.69, 9.17) is 5.73 Å². The summed E-state index contributed by atoms with van der Waals surface area (Å²) in [6.07, 6.45) is 1.83. The summed E-state index contributed by atoms with van der Waals surface area (Å²) in [5.41, 5.74) is 10.2. The van der Waals surface area contributed by atoms with Gasteiger partial charge < -0.3 is 10.7 Å². The number of aromatic amines is 1. The molecule has 0 amide bonds. The molecule has 16 heavy (non-hydrogen) atoms. The number of H-pyrrole nitrogens is 1. The third kappa shape index (κ3) is 1.36. The largest absolute Gasteiger partial charge is 0.397 e. The molecular weight excluding hydrogens is 196 g/mol. The Kier molecular flexibility index (Phi) is 1.93. The molecule has 2 aromatic carbocycles. The number of benzene rings is 2. The molecule has 1 aromatic heterocycles. The van der Waals surface area contributed by atoms with Gasteiger partial charge in [-0.25, -0.2) is 0 Å². The second kappa shape index (κ2) is 3.42. The molecule has 0 aliphatic heterocycles. The Labute approximate surface area is 93.7 Å². The summed E-state index contributed by atoms with van der Waals surface area (Å²) < 4.78 is 0. The van der Waals surface area contributed by atoms with Crippen LogP contribution in [0.25, 0.3) is 22.0 Å². The molecule has 1 heterocycles. The van der Waals surface area contributed by atoms with Gasteiger partial charge in [-0.2, -0.15) is 0 Å². The van der Waals surface area contributed by atoms with Crippen molar-refractivity contribution in [2.75, 3.05) is 5.73 Å². The first kappa shape index (κ1) is 9.04. The summed E-state index contributed by atoms with van der Waals surface area (Å²) in [5.74, 6) is 0. The van der Waals surface area contributed by atoms with Crippen molar-refractivity contribution < 1.29 is 0 Å². The van der Waals surface area contributed by atoms with E-state index in [0.29, 0.717) is 0 Å². The van der Waals surface area contributed by atoms with Gasteiger partial charge in [0, 0.05) is 17.1 Å². The van der Waals surface area contributed by atoms with E-state index >= 15 is 0 Å². The third-order valence-electron chi connectivity index (χ3n) is 2.82. The number of rotatable bonds is 1. The second-order valence-corrected chi connectivity index (χ2v) is 3.87. The van der Waals surface area contributed by atoms with Crippen LogP contribution in [-0.2, 0) is 0 Å². The predicted octanol–water partition coefficient (Wildman–Crippen LogP) is 3.42. The Hall–Kier alpha value is -2.22. The minimum absolute atomic E-state index is 0.799. The van der Waals surface area contributed by atoms with Gasteiger partial charge in [-0.1, -0.05) is 36.4 Å². The van der Waals surface area contributed by atoms with Crippen molar-refractivity contribution in [1.82, 2.24) is 4.98 Å². The highest BCUT2D eigenvalue weighted by atomic mass is 14.7. The zero-order valence-electron chi connectivity index (χ0n) is 8.77. The highest BCUT2D eigenvalue weighted by molar-refractivity contribution is 5.94. The number of nitrogens with two attached hydrogens (primary N) is 1. The van der Waals surface area contributed by atoms with Crippen LogP contribution in [0.4, 0.5) is 5.69 Å². The highest BCUT2D eigenvalue weighted by Crippen LogP contribution is 2.27. The monoisotopic (exact) mass is 208 g/mol. The molecule has 0 fully saturated rings. The van der Waals surface area contributed by atoms with Gasteiger partial charge in [0.15, 0.2) is 0 Å². The molecule has 3 aromatic rings. The fourth-order valence-corrected chi connectivity index (χ4v) is 1.95. The number of hydrogen-bond acceptors (Lipinski definition) is 1. The Morgan fingerprint density at radius 3 is 2.50 bits per heavy atom. The van der Waals surface area contributed by atoms with Gasteiger partial charge in [-0.15, -0.1) is 0 Å². The van der Waals surface area contributed by atoms with E-state index < -0.39 is 0 Å². The lowest BCUT2D eigenvalue weighted by Gasteiger charge is -2.01. The van der Waals surface area contributed by atoms with Crippen LogP contribution in [0.1, 0.15) is 0 Å². The molecular formula is C14H12N2. The van der Waals surface area contributed by atoms with Crippen molar-refractivity contribution in [3.63, 3.8) is 0 Å². The molecule has 0 aliphatic carbocycles. The number of fused-ring (bicyclic) bond motifs is 1. The van der Waals surface area contributed by atoms with Crippen LogP contribution < -0.4 is 5.73 Å². The van der Waals surface area contributed by atoms with Crippen LogP contribution in [0.2, 0.25) is 0 Å². The van der Waals surface area contributed by atoms with E-state index in [1.165, 1.54) is 11.1 Å². The van der Waals surface area contributed by atoms with Gasteiger partial charge in [0.25, 0.3) is 0 Å². The average molecular weight is 208 g/mol. The summed E-state index contributed by atoms with van der Waals surface area (Å²) in [6.45, 7) is 0. The van der Waals surface area contributed by atoms with E-state index in [-0.39, 0.29) is 0 Å². The van der Waals surface area contributed by atoms with Crippen LogP contribution in [0.3, 0.4) is 0 Å². The second-order valence-electron chi connectivity index (χ2n) is 3.87. The number of aromatic nitrogens is 1. The molecule has 0 aliphatic rings. The summed E-state index contributed by atoms with van der Waals surface area (Å²) >= 11 is 0. The molecule has 0 unspecified atom stereocenters. The number of anilines is 1. The van der Waals surface area contributed by atoms with E-state index in [1.807, 2.05) is 24.4 Å². The van der Waals surface area contributed by atoms with E-state index in [1.54, 1.807) is 0 Å². The van der Waals surface area contributed by atoms with Crippen molar-refractivity contribution in [3.05, 3.63) is 54.7 Å². The lowest BCUT2D eigenvalue weighted by Crippen LogP contribution is -1.81. The summed E-state index contributed by atoms with van der Waals surface area (Å²) in [4.78, 5) is 3.14. The first-order chi connectivity index (χ1) is 7.84. The first-order valence-electron chi connectivity index (χ1n) is 5.26. The maximum absolute atomic E-state index is 5.89. The van der Waals surface area contributed by atoms with Gasteiger partial charge in [-0.05, 0) is 23.3 Å². The van der Waals surface area contributed by atoms with Crippen LogP contribution in [0.15, 0.2) is 54.7 Å². The lowest BCUT2D eigenvalue weighted by molar-refractivity contribution is 1.48. The molecule has 2 nitrogen and oxygen atoms in total. The summed E-state index contributed by atoms with van der Waals surface area (Å²) in [6, 6.07) is 16.6. The van der Waals surface area contributed by atoms with Gasteiger partial charge >= 0.3 is 0 Å². The van der Waals surface area contributed by atoms with Gasteiger partial charge in [0.2, 0.25) is 0 Å². The quantitative estimate of drug-likeness (QED) is 0.632. The number of nitrogens with one attached hydrogen (secondary N) is 1. The normalized spacial score (nSPS) is 10.8. The van der Waals surface area contributed by atoms with E-state index in [9.17, 15) is 0 Å². The van der Waals surface area contributed by atoms with Crippen LogP contribution >= 0.6 is 0 Å².